The molecule has 0 fully saturated rings. The number of rotatable bonds is 9. The van der Waals surface area contributed by atoms with Crippen molar-refractivity contribution in [1.29, 1.82) is 0 Å². The second-order valence-corrected chi connectivity index (χ2v) is 7.71. The van der Waals surface area contributed by atoms with Gasteiger partial charge in [-0.3, -0.25) is 0 Å². The molecule has 1 heteroatoms. The molecular formula is C17H36S. The van der Waals surface area contributed by atoms with E-state index >= 15 is 0 Å². The highest BCUT2D eigenvalue weighted by molar-refractivity contribution is 7.80. The van der Waals surface area contributed by atoms with Crippen LogP contribution in [0, 0.1) is 29.6 Å². The van der Waals surface area contributed by atoms with Crippen LogP contribution >= 0.6 is 12.6 Å². The molecular weight excluding hydrogens is 236 g/mol. The molecule has 18 heavy (non-hydrogen) atoms. The molecule has 0 aliphatic heterocycles. The fraction of sp³-hybridized carbons (Fsp3) is 1.00. The maximum atomic E-state index is 4.58. The largest absolute Gasteiger partial charge is 0.176 e. The summed E-state index contributed by atoms with van der Waals surface area (Å²) in [5.41, 5.74) is 0. The van der Waals surface area contributed by atoms with Crippen LogP contribution < -0.4 is 0 Å². The quantitative estimate of drug-likeness (QED) is 0.484. The lowest BCUT2D eigenvalue weighted by molar-refractivity contribution is 0.245. The molecule has 0 saturated carbocycles. The summed E-state index contributed by atoms with van der Waals surface area (Å²) in [6, 6.07) is 0. The van der Waals surface area contributed by atoms with Gasteiger partial charge in [0.1, 0.15) is 0 Å². The van der Waals surface area contributed by atoms with Crippen LogP contribution in [-0.4, -0.2) is 5.25 Å². The minimum absolute atomic E-state index is 0.527. The third-order valence-electron chi connectivity index (χ3n) is 5.03. The molecule has 0 heterocycles. The number of hydrogen-bond donors (Lipinski definition) is 1. The van der Waals surface area contributed by atoms with Crippen LogP contribution in [-0.2, 0) is 0 Å². The molecule has 0 N–H and O–H groups in total. The first-order valence-corrected chi connectivity index (χ1v) is 8.49. The third-order valence-corrected chi connectivity index (χ3v) is 5.54. The molecule has 0 aliphatic rings. The summed E-state index contributed by atoms with van der Waals surface area (Å²) in [4.78, 5) is 0. The lowest BCUT2D eigenvalue weighted by Crippen LogP contribution is -2.19. The first-order chi connectivity index (χ1) is 8.29. The molecule has 0 rings (SSSR count). The van der Waals surface area contributed by atoms with Crippen molar-refractivity contribution in [2.75, 3.05) is 0 Å². The highest BCUT2D eigenvalue weighted by Crippen LogP contribution is 2.31. The molecule has 5 atom stereocenters. The summed E-state index contributed by atoms with van der Waals surface area (Å²) in [7, 11) is 0. The highest BCUT2D eigenvalue weighted by Gasteiger charge is 2.20. The number of thiol groups is 1. The Kier molecular flexibility index (Phi) is 9.47. The summed E-state index contributed by atoms with van der Waals surface area (Å²) in [6.45, 7) is 16.5. The summed E-state index contributed by atoms with van der Waals surface area (Å²) >= 11 is 4.58. The van der Waals surface area contributed by atoms with Gasteiger partial charge in [-0.2, -0.15) is 12.6 Å². The molecule has 0 aromatic heterocycles. The Balaban J connectivity index is 4.15. The topological polar surface area (TPSA) is 0 Å². The normalized spacial score (nSPS) is 20.5. The van der Waals surface area contributed by atoms with Gasteiger partial charge in [0.2, 0.25) is 0 Å². The van der Waals surface area contributed by atoms with Crippen LogP contribution in [0.5, 0.6) is 0 Å². The van der Waals surface area contributed by atoms with E-state index in [1.165, 1.54) is 25.7 Å². The maximum Gasteiger partial charge on any atom is 0.00142 e. The second-order valence-electron chi connectivity index (χ2n) is 6.90. The Hall–Kier alpha value is 0.350. The van der Waals surface area contributed by atoms with Crippen molar-refractivity contribution in [2.24, 2.45) is 29.6 Å². The molecule has 0 spiro atoms. The zero-order valence-corrected chi connectivity index (χ0v) is 14.6. The van der Waals surface area contributed by atoms with E-state index in [2.05, 4.69) is 61.1 Å². The molecule has 0 saturated heterocycles. The monoisotopic (exact) mass is 272 g/mol. The molecule has 0 radical (unpaired) electrons. The summed E-state index contributed by atoms with van der Waals surface area (Å²) in [5, 5.41) is 0.527. The van der Waals surface area contributed by atoms with E-state index in [1.54, 1.807) is 0 Å². The van der Waals surface area contributed by atoms with Crippen LogP contribution in [0.4, 0.5) is 0 Å². The van der Waals surface area contributed by atoms with Gasteiger partial charge < -0.3 is 0 Å². The van der Waals surface area contributed by atoms with Crippen LogP contribution in [0.1, 0.15) is 74.1 Å². The van der Waals surface area contributed by atoms with E-state index in [1.807, 2.05) is 0 Å². The van der Waals surface area contributed by atoms with Crippen LogP contribution in [0.3, 0.4) is 0 Å². The first-order valence-electron chi connectivity index (χ1n) is 7.97. The van der Waals surface area contributed by atoms with E-state index in [0.717, 1.165) is 29.6 Å². The smallest absolute Gasteiger partial charge is 0.00142 e. The lowest BCUT2D eigenvalue weighted by Gasteiger charge is -2.28. The molecule has 5 unspecified atom stereocenters. The zero-order valence-electron chi connectivity index (χ0n) is 13.7. The van der Waals surface area contributed by atoms with Gasteiger partial charge in [0.25, 0.3) is 0 Å². The molecule has 0 bridgehead atoms. The Morgan fingerprint density at radius 1 is 0.778 bits per heavy atom. The van der Waals surface area contributed by atoms with E-state index in [-0.39, 0.29) is 0 Å². The highest BCUT2D eigenvalue weighted by atomic mass is 32.1. The van der Waals surface area contributed by atoms with Crippen molar-refractivity contribution < 1.29 is 0 Å². The maximum absolute atomic E-state index is 4.58. The van der Waals surface area contributed by atoms with Gasteiger partial charge in [0.05, 0.1) is 0 Å². The zero-order chi connectivity index (χ0) is 14.3. The standard InChI is InChI=1S/C17H36S/c1-8-17(10-9-13(4)12(2)3)15(6)11-14(5)16(7)18/h12-18H,8-11H2,1-7H3. The molecule has 110 valence electrons. The number of hydrogen-bond acceptors (Lipinski definition) is 1. The average molecular weight is 273 g/mol. The summed E-state index contributed by atoms with van der Waals surface area (Å²) in [6.07, 6.45) is 5.47. The van der Waals surface area contributed by atoms with Gasteiger partial charge in [0.15, 0.2) is 0 Å². The van der Waals surface area contributed by atoms with E-state index in [9.17, 15) is 0 Å². The first kappa shape index (κ1) is 18.4. The second kappa shape index (κ2) is 9.28. The van der Waals surface area contributed by atoms with Gasteiger partial charge >= 0.3 is 0 Å². The molecule has 0 aromatic carbocycles. The minimum atomic E-state index is 0.527. The average Bonchev–Trinajstić information content (AvgIpc) is 2.28. The predicted octanol–water partition coefficient (Wildman–Crippen LogP) is 6.07. The van der Waals surface area contributed by atoms with Gasteiger partial charge in [0, 0.05) is 5.25 Å². The SMILES string of the molecule is CCC(CCC(C)C(C)C)C(C)CC(C)C(C)S. The van der Waals surface area contributed by atoms with Crippen molar-refractivity contribution in [1.82, 2.24) is 0 Å². The molecule has 0 aliphatic carbocycles. The predicted molar refractivity (Wildman–Crippen MR) is 88.4 cm³/mol. The van der Waals surface area contributed by atoms with E-state index in [4.69, 9.17) is 0 Å². The van der Waals surface area contributed by atoms with Gasteiger partial charge in [-0.25, -0.2) is 0 Å². The van der Waals surface area contributed by atoms with Crippen molar-refractivity contribution >= 4 is 12.6 Å². The van der Waals surface area contributed by atoms with E-state index < -0.39 is 0 Å². The fourth-order valence-electron chi connectivity index (χ4n) is 2.68. The van der Waals surface area contributed by atoms with Crippen LogP contribution in [0.25, 0.3) is 0 Å². The lowest BCUT2D eigenvalue weighted by atomic mass is 9.79. The van der Waals surface area contributed by atoms with Crippen molar-refractivity contribution in [3.63, 3.8) is 0 Å². The summed E-state index contributed by atoms with van der Waals surface area (Å²) < 4.78 is 0. The molecule has 0 amide bonds. The van der Waals surface area contributed by atoms with Gasteiger partial charge in [-0.15, -0.1) is 0 Å². The van der Waals surface area contributed by atoms with Crippen molar-refractivity contribution in [3.05, 3.63) is 0 Å². The Bertz CT molecular complexity index is 198. The minimum Gasteiger partial charge on any atom is -0.176 e. The molecule has 0 nitrogen and oxygen atoms in total. The van der Waals surface area contributed by atoms with Gasteiger partial charge in [-0.1, -0.05) is 61.3 Å². The Labute approximate surface area is 122 Å². The van der Waals surface area contributed by atoms with Crippen molar-refractivity contribution in [2.45, 2.75) is 79.4 Å². The molecule has 0 aromatic rings. The van der Waals surface area contributed by atoms with Crippen molar-refractivity contribution in [3.8, 4) is 0 Å². The fourth-order valence-corrected chi connectivity index (χ4v) is 2.80. The van der Waals surface area contributed by atoms with Crippen LogP contribution in [0.2, 0.25) is 0 Å². The Morgan fingerprint density at radius 2 is 1.33 bits per heavy atom. The Morgan fingerprint density at radius 3 is 1.72 bits per heavy atom. The third kappa shape index (κ3) is 7.07. The van der Waals surface area contributed by atoms with Crippen LogP contribution in [0.15, 0.2) is 0 Å². The van der Waals surface area contributed by atoms with E-state index in [0.29, 0.717) is 5.25 Å². The summed E-state index contributed by atoms with van der Waals surface area (Å²) in [5.74, 6) is 4.18. The van der Waals surface area contributed by atoms with Gasteiger partial charge in [-0.05, 0) is 42.4 Å².